The molecule has 0 aliphatic rings. The van der Waals surface area contributed by atoms with Crippen LogP contribution < -0.4 is 5.73 Å². The maximum atomic E-state index is 6.16. The van der Waals surface area contributed by atoms with Crippen LogP contribution in [0.25, 0.3) is 28.0 Å². The molecule has 2 N–H and O–H groups in total. The summed E-state index contributed by atoms with van der Waals surface area (Å²) in [5.41, 5.74) is 11.9. The number of nitrogen functional groups attached to an aromatic ring is 1. The van der Waals surface area contributed by atoms with Crippen LogP contribution in [-0.2, 0) is 0 Å². The molecule has 2 aromatic carbocycles. The number of benzene rings is 2. The van der Waals surface area contributed by atoms with Crippen molar-refractivity contribution < 1.29 is 0 Å². The lowest BCUT2D eigenvalue weighted by atomic mass is 10.0. The van der Waals surface area contributed by atoms with E-state index >= 15 is 0 Å². The standard InChI is InChI=1S/C19H16N4/c1-13-12-16(20)23-19(21-13)17(14-8-4-2-5-9-14)18(22-23)15-10-6-3-7-11-15/h2-12H,20H2,1H3. The zero-order valence-corrected chi connectivity index (χ0v) is 12.8. The highest BCUT2D eigenvalue weighted by Crippen LogP contribution is 2.35. The van der Waals surface area contributed by atoms with Crippen molar-refractivity contribution in [1.29, 1.82) is 0 Å². The van der Waals surface area contributed by atoms with E-state index in [0.717, 1.165) is 33.7 Å². The lowest BCUT2D eigenvalue weighted by Gasteiger charge is -2.04. The molecule has 0 radical (unpaired) electrons. The van der Waals surface area contributed by atoms with E-state index in [-0.39, 0.29) is 0 Å². The van der Waals surface area contributed by atoms with E-state index in [1.165, 1.54) is 0 Å². The third kappa shape index (κ3) is 2.25. The summed E-state index contributed by atoms with van der Waals surface area (Å²) in [5, 5.41) is 4.73. The summed E-state index contributed by atoms with van der Waals surface area (Å²) in [6.45, 7) is 1.94. The molecule has 0 amide bonds. The van der Waals surface area contributed by atoms with Gasteiger partial charge in [-0.1, -0.05) is 60.7 Å². The Kier molecular flexibility index (Phi) is 3.08. The molecule has 2 aromatic heterocycles. The first kappa shape index (κ1) is 13.5. The van der Waals surface area contributed by atoms with Gasteiger partial charge in [0.1, 0.15) is 11.5 Å². The number of nitrogens with two attached hydrogens (primary N) is 1. The minimum atomic E-state index is 0.590. The van der Waals surface area contributed by atoms with Crippen LogP contribution in [-0.4, -0.2) is 14.6 Å². The lowest BCUT2D eigenvalue weighted by Crippen LogP contribution is -2.01. The maximum Gasteiger partial charge on any atom is 0.166 e. The number of aromatic nitrogens is 3. The maximum absolute atomic E-state index is 6.16. The van der Waals surface area contributed by atoms with Crippen LogP contribution in [0.4, 0.5) is 5.82 Å². The smallest absolute Gasteiger partial charge is 0.166 e. The number of fused-ring (bicyclic) bond motifs is 1. The van der Waals surface area contributed by atoms with Gasteiger partial charge >= 0.3 is 0 Å². The van der Waals surface area contributed by atoms with E-state index in [1.807, 2.05) is 49.4 Å². The largest absolute Gasteiger partial charge is 0.384 e. The van der Waals surface area contributed by atoms with Gasteiger partial charge in [0.15, 0.2) is 5.65 Å². The highest BCUT2D eigenvalue weighted by molar-refractivity contribution is 5.91. The van der Waals surface area contributed by atoms with Gasteiger partial charge in [-0.25, -0.2) is 4.98 Å². The molecule has 23 heavy (non-hydrogen) atoms. The van der Waals surface area contributed by atoms with Gasteiger partial charge in [0.2, 0.25) is 0 Å². The van der Waals surface area contributed by atoms with Gasteiger partial charge in [0, 0.05) is 17.3 Å². The van der Waals surface area contributed by atoms with Gasteiger partial charge in [-0.3, -0.25) is 0 Å². The highest BCUT2D eigenvalue weighted by atomic mass is 15.3. The monoisotopic (exact) mass is 300 g/mol. The van der Waals surface area contributed by atoms with E-state index in [9.17, 15) is 0 Å². The Morgan fingerprint density at radius 3 is 2.13 bits per heavy atom. The van der Waals surface area contributed by atoms with E-state index in [4.69, 9.17) is 10.8 Å². The number of hydrogen-bond donors (Lipinski definition) is 1. The van der Waals surface area contributed by atoms with Gasteiger partial charge in [0.05, 0.1) is 5.56 Å². The Hall–Kier alpha value is -3.14. The predicted octanol–water partition coefficient (Wildman–Crippen LogP) is 3.95. The van der Waals surface area contributed by atoms with E-state index in [1.54, 1.807) is 4.52 Å². The molecule has 112 valence electrons. The zero-order chi connectivity index (χ0) is 15.8. The quantitative estimate of drug-likeness (QED) is 0.609. The normalized spacial score (nSPS) is 11.0. The molecular weight excluding hydrogens is 284 g/mol. The van der Waals surface area contributed by atoms with Crippen LogP contribution >= 0.6 is 0 Å². The highest BCUT2D eigenvalue weighted by Gasteiger charge is 2.18. The second kappa shape index (κ2) is 5.25. The van der Waals surface area contributed by atoms with Crippen LogP contribution in [0.2, 0.25) is 0 Å². The van der Waals surface area contributed by atoms with Crippen LogP contribution in [0.1, 0.15) is 5.69 Å². The number of nitrogens with zero attached hydrogens (tertiary/aromatic N) is 3. The van der Waals surface area contributed by atoms with Crippen LogP contribution in [0, 0.1) is 6.92 Å². The third-order valence-corrected chi connectivity index (χ3v) is 3.85. The van der Waals surface area contributed by atoms with E-state index in [2.05, 4.69) is 29.2 Å². The van der Waals surface area contributed by atoms with Crippen molar-refractivity contribution in [3.63, 3.8) is 0 Å². The van der Waals surface area contributed by atoms with Crippen molar-refractivity contribution in [2.45, 2.75) is 6.92 Å². The summed E-state index contributed by atoms with van der Waals surface area (Å²) in [4.78, 5) is 4.68. The molecule has 4 aromatic rings. The molecule has 4 heteroatoms. The second-order valence-electron chi connectivity index (χ2n) is 5.51. The molecule has 0 fully saturated rings. The number of aryl methyl sites for hydroxylation is 1. The first-order valence-corrected chi connectivity index (χ1v) is 7.51. The fraction of sp³-hybridized carbons (Fsp3) is 0.0526. The van der Waals surface area contributed by atoms with Crippen molar-refractivity contribution in [2.24, 2.45) is 0 Å². The van der Waals surface area contributed by atoms with Crippen molar-refractivity contribution in [2.75, 3.05) is 5.73 Å². The van der Waals surface area contributed by atoms with Crippen molar-refractivity contribution >= 4 is 11.5 Å². The average molecular weight is 300 g/mol. The molecule has 0 saturated carbocycles. The molecule has 0 unspecified atom stereocenters. The first-order valence-electron chi connectivity index (χ1n) is 7.51. The van der Waals surface area contributed by atoms with Gasteiger partial charge in [-0.05, 0) is 12.5 Å². The molecule has 0 saturated heterocycles. The molecule has 0 atom stereocenters. The van der Waals surface area contributed by atoms with Gasteiger partial charge in [0.25, 0.3) is 0 Å². The lowest BCUT2D eigenvalue weighted by molar-refractivity contribution is 0.946. The molecule has 0 aliphatic carbocycles. The summed E-state index contributed by atoms with van der Waals surface area (Å²) < 4.78 is 1.72. The molecule has 2 heterocycles. The van der Waals surface area contributed by atoms with Gasteiger partial charge in [-0.15, -0.1) is 0 Å². The molecule has 4 rings (SSSR count). The fourth-order valence-corrected chi connectivity index (χ4v) is 2.84. The Labute approximate surface area is 134 Å². The minimum Gasteiger partial charge on any atom is -0.384 e. The van der Waals surface area contributed by atoms with Crippen molar-refractivity contribution in [3.05, 3.63) is 72.4 Å². The molecule has 0 aliphatic heterocycles. The Bertz CT molecular complexity index is 973. The number of hydrogen-bond acceptors (Lipinski definition) is 3. The third-order valence-electron chi connectivity index (χ3n) is 3.85. The Morgan fingerprint density at radius 1 is 0.870 bits per heavy atom. The number of rotatable bonds is 2. The first-order chi connectivity index (χ1) is 11.2. The van der Waals surface area contributed by atoms with Crippen LogP contribution in [0.5, 0.6) is 0 Å². The average Bonchev–Trinajstić information content (AvgIpc) is 2.96. The second-order valence-corrected chi connectivity index (χ2v) is 5.51. The molecular formula is C19H16N4. The summed E-state index contributed by atoms with van der Waals surface area (Å²) in [7, 11) is 0. The molecule has 4 nitrogen and oxygen atoms in total. The fourth-order valence-electron chi connectivity index (χ4n) is 2.84. The molecule has 0 bridgehead atoms. The van der Waals surface area contributed by atoms with Crippen molar-refractivity contribution in [1.82, 2.24) is 14.6 Å². The van der Waals surface area contributed by atoms with Crippen molar-refractivity contribution in [3.8, 4) is 22.4 Å². The number of anilines is 1. The van der Waals surface area contributed by atoms with Crippen LogP contribution in [0.3, 0.4) is 0 Å². The summed E-state index contributed by atoms with van der Waals surface area (Å²) in [6, 6.07) is 22.2. The van der Waals surface area contributed by atoms with E-state index in [0.29, 0.717) is 5.82 Å². The summed E-state index contributed by atoms with van der Waals surface area (Å²) in [5.74, 6) is 0.590. The zero-order valence-electron chi connectivity index (χ0n) is 12.8. The SMILES string of the molecule is Cc1cc(N)n2nc(-c3ccccc3)c(-c3ccccc3)c2n1. The minimum absolute atomic E-state index is 0.590. The summed E-state index contributed by atoms with van der Waals surface area (Å²) >= 11 is 0. The molecule has 0 spiro atoms. The van der Waals surface area contributed by atoms with Gasteiger partial charge in [-0.2, -0.15) is 9.61 Å². The van der Waals surface area contributed by atoms with E-state index < -0.39 is 0 Å². The summed E-state index contributed by atoms with van der Waals surface area (Å²) in [6.07, 6.45) is 0. The van der Waals surface area contributed by atoms with Crippen LogP contribution in [0.15, 0.2) is 66.7 Å². The van der Waals surface area contributed by atoms with Gasteiger partial charge < -0.3 is 5.73 Å². The topological polar surface area (TPSA) is 56.2 Å². The Morgan fingerprint density at radius 2 is 1.48 bits per heavy atom. The predicted molar refractivity (Wildman–Crippen MR) is 93.0 cm³/mol. The Balaban J connectivity index is 2.12.